The third-order valence-electron chi connectivity index (χ3n) is 2.42. The Kier molecular flexibility index (Phi) is 3.29. The SMILES string of the molecule is CCn1nc(C)c(C(C)=CC(=O)O)c1C. The van der Waals surface area contributed by atoms with Crippen LogP contribution in [-0.4, -0.2) is 20.9 Å². The van der Waals surface area contributed by atoms with E-state index in [-0.39, 0.29) is 0 Å². The van der Waals surface area contributed by atoms with Gasteiger partial charge in [-0.25, -0.2) is 4.79 Å². The van der Waals surface area contributed by atoms with Crippen LogP contribution in [0.3, 0.4) is 0 Å². The van der Waals surface area contributed by atoms with Crippen LogP contribution < -0.4 is 0 Å². The molecule has 0 atom stereocenters. The highest BCUT2D eigenvalue weighted by atomic mass is 16.4. The molecule has 0 radical (unpaired) electrons. The second-order valence-corrected chi connectivity index (χ2v) is 3.53. The molecule has 0 bridgehead atoms. The topological polar surface area (TPSA) is 55.1 Å². The Bertz CT molecular complexity index is 416. The van der Waals surface area contributed by atoms with Crippen molar-refractivity contribution >= 4 is 11.5 Å². The van der Waals surface area contributed by atoms with Crippen LogP contribution >= 0.6 is 0 Å². The van der Waals surface area contributed by atoms with Gasteiger partial charge >= 0.3 is 5.97 Å². The zero-order valence-electron chi connectivity index (χ0n) is 9.53. The molecule has 1 aromatic rings. The lowest BCUT2D eigenvalue weighted by Crippen LogP contribution is -1.99. The van der Waals surface area contributed by atoms with Crippen LogP contribution in [-0.2, 0) is 11.3 Å². The minimum absolute atomic E-state index is 0.747. The van der Waals surface area contributed by atoms with Gasteiger partial charge in [-0.1, -0.05) is 0 Å². The van der Waals surface area contributed by atoms with Crippen molar-refractivity contribution in [2.45, 2.75) is 34.2 Å². The van der Waals surface area contributed by atoms with Gasteiger partial charge in [0.25, 0.3) is 0 Å². The molecule has 0 unspecified atom stereocenters. The first-order chi connectivity index (χ1) is 6.97. The summed E-state index contributed by atoms with van der Waals surface area (Å²) in [7, 11) is 0. The summed E-state index contributed by atoms with van der Waals surface area (Å²) in [6.45, 7) is 8.46. The van der Waals surface area contributed by atoms with Gasteiger partial charge in [0.1, 0.15) is 0 Å². The normalized spacial score (nSPS) is 11.9. The summed E-state index contributed by atoms with van der Waals surface area (Å²) in [4.78, 5) is 10.6. The Hall–Kier alpha value is -1.58. The van der Waals surface area contributed by atoms with Gasteiger partial charge in [-0.2, -0.15) is 5.10 Å². The molecule has 4 nitrogen and oxygen atoms in total. The van der Waals surface area contributed by atoms with Gasteiger partial charge in [-0.05, 0) is 33.3 Å². The molecule has 0 amide bonds. The quantitative estimate of drug-likeness (QED) is 0.773. The van der Waals surface area contributed by atoms with E-state index < -0.39 is 5.97 Å². The summed E-state index contributed by atoms with van der Waals surface area (Å²) in [6, 6.07) is 0. The van der Waals surface area contributed by atoms with Crippen molar-refractivity contribution in [2.24, 2.45) is 0 Å². The first-order valence-electron chi connectivity index (χ1n) is 4.93. The Morgan fingerprint density at radius 2 is 2.13 bits per heavy atom. The van der Waals surface area contributed by atoms with Gasteiger partial charge in [0.15, 0.2) is 0 Å². The molecule has 1 rings (SSSR count). The maximum absolute atomic E-state index is 10.6. The predicted octanol–water partition coefficient (Wildman–Crippen LogP) is 2.01. The minimum Gasteiger partial charge on any atom is -0.478 e. The fourth-order valence-electron chi connectivity index (χ4n) is 1.83. The molecule has 1 aromatic heterocycles. The van der Waals surface area contributed by atoms with E-state index in [2.05, 4.69) is 5.10 Å². The number of carboxylic acid groups (broad SMARTS) is 1. The molecule has 0 saturated heterocycles. The number of nitrogens with zero attached hydrogens (tertiary/aromatic N) is 2. The summed E-state index contributed by atoms with van der Waals surface area (Å²) >= 11 is 0. The molecular formula is C11H16N2O2. The van der Waals surface area contributed by atoms with E-state index >= 15 is 0 Å². The van der Waals surface area contributed by atoms with Crippen LogP contribution in [0.1, 0.15) is 30.8 Å². The van der Waals surface area contributed by atoms with Crippen LogP contribution in [0.5, 0.6) is 0 Å². The Balaban J connectivity index is 3.25. The Labute approximate surface area is 89.2 Å². The van der Waals surface area contributed by atoms with Crippen molar-refractivity contribution in [1.82, 2.24) is 9.78 Å². The zero-order valence-corrected chi connectivity index (χ0v) is 9.53. The lowest BCUT2D eigenvalue weighted by molar-refractivity contribution is -0.131. The number of hydrogen-bond acceptors (Lipinski definition) is 2. The molecule has 1 heterocycles. The predicted molar refractivity (Wildman–Crippen MR) is 58.7 cm³/mol. The number of allylic oxidation sites excluding steroid dienone is 1. The summed E-state index contributed by atoms with van der Waals surface area (Å²) < 4.78 is 1.88. The van der Waals surface area contributed by atoms with E-state index in [1.165, 1.54) is 6.08 Å². The van der Waals surface area contributed by atoms with Crippen LogP contribution in [0.25, 0.3) is 5.57 Å². The molecule has 82 valence electrons. The van der Waals surface area contributed by atoms with E-state index in [9.17, 15) is 4.79 Å². The van der Waals surface area contributed by atoms with Gasteiger partial charge in [0.2, 0.25) is 0 Å². The number of aliphatic carboxylic acids is 1. The Morgan fingerprint density at radius 1 is 1.53 bits per heavy atom. The molecule has 0 aliphatic carbocycles. The number of carboxylic acids is 1. The number of rotatable bonds is 3. The maximum Gasteiger partial charge on any atom is 0.328 e. The Morgan fingerprint density at radius 3 is 2.53 bits per heavy atom. The van der Waals surface area contributed by atoms with Crippen molar-refractivity contribution < 1.29 is 9.90 Å². The highest BCUT2D eigenvalue weighted by Gasteiger charge is 2.12. The van der Waals surface area contributed by atoms with Crippen LogP contribution in [0, 0.1) is 13.8 Å². The summed E-state index contributed by atoms with van der Waals surface area (Å²) in [5.41, 5.74) is 3.59. The van der Waals surface area contributed by atoms with Gasteiger partial charge in [0, 0.05) is 23.9 Å². The van der Waals surface area contributed by atoms with Crippen LogP contribution in [0.2, 0.25) is 0 Å². The van der Waals surface area contributed by atoms with Crippen molar-refractivity contribution in [1.29, 1.82) is 0 Å². The first kappa shape index (κ1) is 11.5. The highest BCUT2D eigenvalue weighted by Crippen LogP contribution is 2.21. The number of hydrogen-bond donors (Lipinski definition) is 1. The molecule has 0 aliphatic rings. The number of aryl methyl sites for hydroxylation is 2. The minimum atomic E-state index is -0.921. The molecular weight excluding hydrogens is 192 g/mol. The maximum atomic E-state index is 10.6. The fourth-order valence-corrected chi connectivity index (χ4v) is 1.83. The zero-order chi connectivity index (χ0) is 11.6. The smallest absolute Gasteiger partial charge is 0.328 e. The summed E-state index contributed by atoms with van der Waals surface area (Å²) in [5, 5.41) is 13.0. The molecule has 4 heteroatoms. The molecule has 0 saturated carbocycles. The fraction of sp³-hybridized carbons (Fsp3) is 0.455. The van der Waals surface area contributed by atoms with Crippen molar-refractivity contribution in [2.75, 3.05) is 0 Å². The van der Waals surface area contributed by atoms with Gasteiger partial charge in [-0.15, -0.1) is 0 Å². The second-order valence-electron chi connectivity index (χ2n) is 3.53. The lowest BCUT2D eigenvalue weighted by atomic mass is 10.1. The van der Waals surface area contributed by atoms with E-state index in [1.807, 2.05) is 25.5 Å². The van der Waals surface area contributed by atoms with Gasteiger partial charge in [-0.3, -0.25) is 4.68 Å². The van der Waals surface area contributed by atoms with Crippen LogP contribution in [0.15, 0.2) is 6.08 Å². The van der Waals surface area contributed by atoms with Gasteiger partial charge < -0.3 is 5.11 Å². The largest absolute Gasteiger partial charge is 0.478 e. The highest BCUT2D eigenvalue weighted by molar-refractivity contribution is 5.90. The summed E-state index contributed by atoms with van der Waals surface area (Å²) in [6.07, 6.45) is 1.22. The van der Waals surface area contributed by atoms with E-state index in [0.717, 1.165) is 29.1 Å². The van der Waals surface area contributed by atoms with Crippen LogP contribution in [0.4, 0.5) is 0 Å². The third kappa shape index (κ3) is 2.26. The van der Waals surface area contributed by atoms with Crippen molar-refractivity contribution in [3.8, 4) is 0 Å². The van der Waals surface area contributed by atoms with E-state index in [0.29, 0.717) is 0 Å². The first-order valence-corrected chi connectivity index (χ1v) is 4.93. The molecule has 0 aromatic carbocycles. The molecule has 15 heavy (non-hydrogen) atoms. The van der Waals surface area contributed by atoms with Gasteiger partial charge in [0.05, 0.1) is 5.69 Å². The molecule has 0 aliphatic heterocycles. The lowest BCUT2D eigenvalue weighted by Gasteiger charge is -2.02. The number of carbonyl (C=O) groups is 1. The number of aromatic nitrogens is 2. The van der Waals surface area contributed by atoms with Crippen molar-refractivity contribution in [3.05, 3.63) is 23.0 Å². The average molecular weight is 208 g/mol. The summed E-state index contributed by atoms with van der Waals surface area (Å²) in [5.74, 6) is -0.921. The molecule has 0 fully saturated rings. The second kappa shape index (κ2) is 4.29. The van der Waals surface area contributed by atoms with E-state index in [4.69, 9.17) is 5.11 Å². The average Bonchev–Trinajstić information content (AvgIpc) is 2.40. The van der Waals surface area contributed by atoms with Crippen molar-refractivity contribution in [3.63, 3.8) is 0 Å². The van der Waals surface area contributed by atoms with E-state index in [1.54, 1.807) is 6.92 Å². The third-order valence-corrected chi connectivity index (χ3v) is 2.42. The molecule has 1 N–H and O–H groups in total. The standard InChI is InChI=1S/C11H16N2O2/c1-5-13-9(4)11(8(3)12-13)7(2)6-10(14)15/h6H,5H2,1-4H3,(H,14,15). The molecule has 0 spiro atoms. The monoisotopic (exact) mass is 208 g/mol.